The molecule has 26 heavy (non-hydrogen) atoms. The van der Waals surface area contributed by atoms with Gasteiger partial charge in [0.05, 0.1) is 27.2 Å². The first kappa shape index (κ1) is 18.4. The van der Waals surface area contributed by atoms with Crippen molar-refractivity contribution in [2.24, 2.45) is 0 Å². The molecule has 2 aromatic rings. The number of benzene rings is 2. The van der Waals surface area contributed by atoms with Crippen LogP contribution < -0.4 is 5.32 Å². The molecule has 9 heteroatoms. The SMILES string of the molecule is O=C(c1ccc(Nc2ccc(Cl)cc2Cl)c(F)c1)N1C=CS(=O)(=O)C=C1. The summed E-state index contributed by atoms with van der Waals surface area (Å²) in [5.41, 5.74) is 0.642. The number of halogens is 3. The van der Waals surface area contributed by atoms with Crippen LogP contribution in [0.5, 0.6) is 0 Å². The summed E-state index contributed by atoms with van der Waals surface area (Å²) in [6.07, 6.45) is 2.21. The Kier molecular flexibility index (Phi) is 5.04. The van der Waals surface area contributed by atoms with E-state index >= 15 is 0 Å². The molecule has 1 aliphatic heterocycles. The van der Waals surface area contributed by atoms with Gasteiger partial charge in [0.15, 0.2) is 9.84 Å². The van der Waals surface area contributed by atoms with E-state index in [2.05, 4.69) is 5.32 Å². The molecule has 0 saturated carbocycles. The van der Waals surface area contributed by atoms with E-state index in [0.717, 1.165) is 34.2 Å². The molecule has 0 saturated heterocycles. The number of hydrogen-bond acceptors (Lipinski definition) is 4. The highest BCUT2D eigenvalue weighted by Gasteiger charge is 2.18. The maximum Gasteiger partial charge on any atom is 0.261 e. The fourth-order valence-electron chi connectivity index (χ4n) is 2.17. The Balaban J connectivity index is 1.81. The number of nitrogens with zero attached hydrogens (tertiary/aromatic N) is 1. The third-order valence-corrected chi connectivity index (χ3v) is 5.02. The Morgan fingerprint density at radius 1 is 1.00 bits per heavy atom. The van der Waals surface area contributed by atoms with Crippen LogP contribution in [0, 0.1) is 5.82 Å². The molecular weight excluding hydrogens is 402 g/mol. The number of carbonyl (C=O) groups is 1. The Morgan fingerprint density at radius 3 is 2.27 bits per heavy atom. The van der Waals surface area contributed by atoms with Gasteiger partial charge < -0.3 is 5.32 Å². The fourth-order valence-corrected chi connectivity index (χ4v) is 3.31. The Morgan fingerprint density at radius 2 is 1.65 bits per heavy atom. The summed E-state index contributed by atoms with van der Waals surface area (Å²) < 4.78 is 36.9. The summed E-state index contributed by atoms with van der Waals surface area (Å²) >= 11 is 11.9. The van der Waals surface area contributed by atoms with Crippen molar-refractivity contribution < 1.29 is 17.6 Å². The summed E-state index contributed by atoms with van der Waals surface area (Å²) in [6, 6.07) is 8.59. The lowest BCUT2D eigenvalue weighted by atomic mass is 10.1. The average Bonchev–Trinajstić information content (AvgIpc) is 2.58. The molecule has 5 nitrogen and oxygen atoms in total. The predicted molar refractivity (Wildman–Crippen MR) is 99.5 cm³/mol. The second kappa shape index (κ2) is 7.11. The van der Waals surface area contributed by atoms with Crippen molar-refractivity contribution in [3.8, 4) is 0 Å². The van der Waals surface area contributed by atoms with Crippen LogP contribution in [0.25, 0.3) is 0 Å². The molecule has 134 valence electrons. The van der Waals surface area contributed by atoms with Crippen molar-refractivity contribution in [2.75, 3.05) is 5.32 Å². The molecule has 1 heterocycles. The number of sulfone groups is 1. The monoisotopic (exact) mass is 412 g/mol. The minimum atomic E-state index is -3.45. The van der Waals surface area contributed by atoms with Crippen molar-refractivity contribution in [3.05, 3.63) is 81.0 Å². The number of rotatable bonds is 3. The molecular formula is C17H11Cl2FN2O3S. The fraction of sp³-hybridized carbons (Fsp3) is 0. The number of hydrogen-bond donors (Lipinski definition) is 1. The molecule has 0 unspecified atom stereocenters. The Labute approximate surface area is 159 Å². The van der Waals surface area contributed by atoms with Crippen LogP contribution in [0.15, 0.2) is 59.6 Å². The van der Waals surface area contributed by atoms with Gasteiger partial charge in [-0.3, -0.25) is 9.69 Å². The van der Waals surface area contributed by atoms with Crippen molar-refractivity contribution in [3.63, 3.8) is 0 Å². The molecule has 0 aliphatic carbocycles. The molecule has 0 fully saturated rings. The van der Waals surface area contributed by atoms with Gasteiger partial charge >= 0.3 is 0 Å². The molecule has 0 radical (unpaired) electrons. The van der Waals surface area contributed by atoms with Crippen LogP contribution in [0.3, 0.4) is 0 Å². The largest absolute Gasteiger partial charge is 0.352 e. The molecule has 0 atom stereocenters. The normalized spacial score (nSPS) is 15.1. The highest BCUT2D eigenvalue weighted by Crippen LogP contribution is 2.29. The van der Waals surface area contributed by atoms with Crippen LogP contribution in [-0.4, -0.2) is 19.2 Å². The van der Waals surface area contributed by atoms with Gasteiger partial charge in [-0.25, -0.2) is 12.8 Å². The van der Waals surface area contributed by atoms with E-state index in [0.29, 0.717) is 15.7 Å². The van der Waals surface area contributed by atoms with Crippen molar-refractivity contribution >= 4 is 50.3 Å². The Hall–Kier alpha value is -2.35. The zero-order valence-electron chi connectivity index (χ0n) is 13.0. The third-order valence-electron chi connectivity index (χ3n) is 3.47. The number of carbonyl (C=O) groups excluding carboxylic acids is 1. The summed E-state index contributed by atoms with van der Waals surface area (Å²) in [7, 11) is -3.45. The van der Waals surface area contributed by atoms with Crippen LogP contribution in [-0.2, 0) is 9.84 Å². The van der Waals surface area contributed by atoms with Crippen molar-refractivity contribution in [2.45, 2.75) is 0 Å². The van der Waals surface area contributed by atoms with E-state index in [1.807, 2.05) is 0 Å². The van der Waals surface area contributed by atoms with Gasteiger partial charge in [-0.2, -0.15) is 0 Å². The Bertz CT molecular complexity index is 1030. The number of amides is 1. The zero-order valence-corrected chi connectivity index (χ0v) is 15.3. The van der Waals surface area contributed by atoms with Crippen LogP contribution in [0.2, 0.25) is 10.0 Å². The van der Waals surface area contributed by atoms with Gasteiger partial charge in [-0.1, -0.05) is 23.2 Å². The van der Waals surface area contributed by atoms with Gasteiger partial charge in [-0.05, 0) is 36.4 Å². The van der Waals surface area contributed by atoms with Crippen molar-refractivity contribution in [1.82, 2.24) is 4.90 Å². The molecule has 0 bridgehead atoms. The van der Waals surface area contributed by atoms with Gasteiger partial charge in [0.1, 0.15) is 5.82 Å². The van der Waals surface area contributed by atoms with Crippen LogP contribution >= 0.6 is 23.2 Å². The first-order chi connectivity index (χ1) is 12.2. The summed E-state index contributed by atoms with van der Waals surface area (Å²) in [5, 5.41) is 5.38. The minimum Gasteiger partial charge on any atom is -0.352 e. The van der Waals surface area contributed by atoms with Gasteiger partial charge in [-0.15, -0.1) is 0 Å². The van der Waals surface area contributed by atoms with Crippen molar-refractivity contribution in [1.29, 1.82) is 0 Å². The van der Waals surface area contributed by atoms with Gasteiger partial charge in [0.25, 0.3) is 5.91 Å². The van der Waals surface area contributed by atoms with E-state index in [-0.39, 0.29) is 11.3 Å². The van der Waals surface area contributed by atoms with Gasteiger partial charge in [0, 0.05) is 23.0 Å². The lowest BCUT2D eigenvalue weighted by molar-refractivity contribution is 0.0869. The predicted octanol–water partition coefficient (Wildman–Crippen LogP) is 4.69. The van der Waals surface area contributed by atoms with Crippen LogP contribution in [0.4, 0.5) is 15.8 Å². The lowest BCUT2D eigenvalue weighted by Gasteiger charge is -2.16. The van der Waals surface area contributed by atoms with E-state index in [1.54, 1.807) is 12.1 Å². The molecule has 2 aromatic carbocycles. The molecule has 1 N–H and O–H groups in total. The smallest absolute Gasteiger partial charge is 0.261 e. The van der Waals surface area contributed by atoms with E-state index in [1.165, 1.54) is 18.2 Å². The standard InChI is InChI=1S/C17H11Cl2FN2O3S/c18-12-2-4-15(13(19)10-12)21-16-3-1-11(9-14(16)20)17(23)22-5-7-26(24,25)8-6-22/h1-10,21H. The topological polar surface area (TPSA) is 66.5 Å². The highest BCUT2D eigenvalue weighted by molar-refractivity contribution is 7.97. The minimum absolute atomic E-state index is 0.0591. The summed E-state index contributed by atoms with van der Waals surface area (Å²) in [6.45, 7) is 0. The maximum atomic E-state index is 14.4. The molecule has 3 rings (SSSR count). The van der Waals surface area contributed by atoms with E-state index < -0.39 is 21.6 Å². The molecule has 1 amide bonds. The number of anilines is 2. The highest BCUT2D eigenvalue weighted by atomic mass is 35.5. The summed E-state index contributed by atoms with van der Waals surface area (Å²) in [5.74, 6) is -1.23. The lowest BCUT2D eigenvalue weighted by Crippen LogP contribution is -2.22. The maximum absolute atomic E-state index is 14.4. The van der Waals surface area contributed by atoms with E-state index in [9.17, 15) is 17.6 Å². The third kappa shape index (κ3) is 4.07. The second-order valence-electron chi connectivity index (χ2n) is 5.32. The first-order valence-electron chi connectivity index (χ1n) is 7.21. The molecule has 0 aromatic heterocycles. The zero-order chi connectivity index (χ0) is 18.9. The first-order valence-corrected chi connectivity index (χ1v) is 9.57. The van der Waals surface area contributed by atoms with E-state index in [4.69, 9.17) is 23.2 Å². The van der Waals surface area contributed by atoms with Crippen LogP contribution in [0.1, 0.15) is 10.4 Å². The molecule has 1 aliphatic rings. The summed E-state index contributed by atoms with van der Waals surface area (Å²) in [4.78, 5) is 13.4. The molecule has 0 spiro atoms. The average molecular weight is 413 g/mol. The van der Waals surface area contributed by atoms with Gasteiger partial charge in [0.2, 0.25) is 0 Å². The quantitative estimate of drug-likeness (QED) is 0.793. The second-order valence-corrected chi connectivity index (χ2v) is 7.88. The number of nitrogens with one attached hydrogen (secondary N) is 1.